The summed E-state index contributed by atoms with van der Waals surface area (Å²) in [5, 5.41) is 0. The van der Waals surface area contributed by atoms with E-state index in [1.165, 1.54) is 30.5 Å². The first-order valence-electron chi connectivity index (χ1n) is 5.60. The molecule has 0 aromatic carbocycles. The van der Waals surface area contributed by atoms with E-state index in [-0.39, 0.29) is 11.0 Å². The molecular weight excluding hydrogens is 192 g/mol. The lowest BCUT2D eigenvalue weighted by atomic mass is 9.60. The second-order valence-electron chi connectivity index (χ2n) is 5.58. The fraction of sp³-hybridized carbons (Fsp3) is 0.917. The van der Waals surface area contributed by atoms with Gasteiger partial charge in [-0.05, 0) is 37.0 Å². The van der Waals surface area contributed by atoms with E-state index in [4.69, 9.17) is 17.0 Å². The lowest BCUT2D eigenvalue weighted by molar-refractivity contribution is -0.0239. The molecule has 2 aliphatic rings. The van der Waals surface area contributed by atoms with E-state index in [0.717, 1.165) is 12.3 Å². The molecule has 0 aromatic rings. The van der Waals surface area contributed by atoms with Gasteiger partial charge in [-0.15, -0.1) is 0 Å². The van der Waals surface area contributed by atoms with Gasteiger partial charge in [-0.1, -0.05) is 32.5 Å². The number of rotatable bonds is 1. The minimum atomic E-state index is -0.0556. The van der Waals surface area contributed by atoms with Crippen LogP contribution in [0.2, 0.25) is 0 Å². The van der Waals surface area contributed by atoms with Gasteiger partial charge in [0.1, 0.15) is 0 Å². The first-order valence-corrected chi connectivity index (χ1v) is 6.01. The Morgan fingerprint density at radius 1 is 1.36 bits per heavy atom. The van der Waals surface area contributed by atoms with Crippen LogP contribution in [0.3, 0.4) is 0 Å². The summed E-state index contributed by atoms with van der Waals surface area (Å²) in [6.07, 6.45) is 6.23. The van der Waals surface area contributed by atoms with Crippen molar-refractivity contribution in [2.45, 2.75) is 51.6 Å². The summed E-state index contributed by atoms with van der Waals surface area (Å²) < 4.78 is 5.76. The second kappa shape index (κ2) is 3.28. The molecule has 0 unspecified atom stereocenters. The topological polar surface area (TPSA) is 9.23 Å². The van der Waals surface area contributed by atoms with E-state index in [1.54, 1.807) is 0 Å². The Kier molecular flexibility index (Phi) is 2.47. The van der Waals surface area contributed by atoms with Crippen molar-refractivity contribution in [2.75, 3.05) is 7.11 Å². The third-order valence-electron chi connectivity index (χ3n) is 4.03. The van der Waals surface area contributed by atoms with Gasteiger partial charge in [-0.3, -0.25) is 0 Å². The van der Waals surface area contributed by atoms with Crippen LogP contribution in [0.15, 0.2) is 0 Å². The number of methoxy groups -OCH3 is 1. The van der Waals surface area contributed by atoms with Crippen molar-refractivity contribution in [3.63, 3.8) is 0 Å². The lowest BCUT2D eigenvalue weighted by Crippen LogP contribution is -2.54. The molecule has 2 saturated carbocycles. The highest BCUT2D eigenvalue weighted by Crippen LogP contribution is 2.50. The molecule has 0 amide bonds. The maximum absolute atomic E-state index is 5.76. The smallest absolute Gasteiger partial charge is 0.0997 e. The summed E-state index contributed by atoms with van der Waals surface area (Å²) in [5.74, 6) is 0.838. The van der Waals surface area contributed by atoms with Crippen LogP contribution >= 0.6 is 12.2 Å². The Morgan fingerprint density at radius 2 is 2.07 bits per heavy atom. The Bertz CT molecular complexity index is 259. The van der Waals surface area contributed by atoms with Gasteiger partial charge in [-0.2, -0.15) is 0 Å². The zero-order valence-corrected chi connectivity index (χ0v) is 10.2. The van der Waals surface area contributed by atoms with E-state index in [9.17, 15) is 0 Å². The molecule has 2 bridgehead atoms. The quantitative estimate of drug-likeness (QED) is 0.616. The first kappa shape index (κ1) is 10.6. The highest BCUT2D eigenvalue weighted by Gasteiger charge is 2.50. The maximum atomic E-state index is 5.76. The van der Waals surface area contributed by atoms with Crippen LogP contribution in [0, 0.1) is 11.3 Å². The predicted octanol–water partition coefficient (Wildman–Crippen LogP) is 3.36. The summed E-state index contributed by atoms with van der Waals surface area (Å²) in [4.78, 5) is 1.17. The highest BCUT2D eigenvalue weighted by atomic mass is 32.1. The second-order valence-corrected chi connectivity index (χ2v) is 5.99. The average Bonchev–Trinajstić information content (AvgIpc) is 2.14. The molecule has 0 aliphatic heterocycles. The minimum absolute atomic E-state index is 0.0556. The molecule has 0 spiro atoms. The predicted molar refractivity (Wildman–Crippen MR) is 62.7 cm³/mol. The van der Waals surface area contributed by atoms with Crippen molar-refractivity contribution in [3.8, 4) is 0 Å². The highest BCUT2D eigenvalue weighted by molar-refractivity contribution is 7.80. The van der Waals surface area contributed by atoms with Gasteiger partial charge < -0.3 is 4.74 Å². The van der Waals surface area contributed by atoms with Crippen molar-refractivity contribution in [1.29, 1.82) is 0 Å². The minimum Gasteiger partial charge on any atom is -0.373 e. The van der Waals surface area contributed by atoms with Crippen molar-refractivity contribution in [2.24, 2.45) is 11.3 Å². The number of ether oxygens (including phenoxy) is 1. The van der Waals surface area contributed by atoms with Crippen molar-refractivity contribution in [3.05, 3.63) is 0 Å². The van der Waals surface area contributed by atoms with Gasteiger partial charge in [-0.25, -0.2) is 0 Å². The molecule has 2 aliphatic carbocycles. The van der Waals surface area contributed by atoms with Crippen molar-refractivity contribution < 1.29 is 4.74 Å². The van der Waals surface area contributed by atoms with Gasteiger partial charge in [0.2, 0.25) is 0 Å². The van der Waals surface area contributed by atoms with Gasteiger partial charge in [0.25, 0.3) is 0 Å². The van der Waals surface area contributed by atoms with E-state index >= 15 is 0 Å². The average molecular weight is 212 g/mol. The molecule has 0 radical (unpaired) electrons. The molecular formula is C12H20OS. The lowest BCUT2D eigenvalue weighted by Gasteiger charge is -2.51. The molecule has 2 atom stereocenters. The maximum Gasteiger partial charge on any atom is 0.0997 e. The first-order chi connectivity index (χ1) is 6.50. The Morgan fingerprint density at radius 3 is 2.71 bits per heavy atom. The van der Waals surface area contributed by atoms with E-state index in [1.807, 2.05) is 7.11 Å². The summed E-state index contributed by atoms with van der Waals surface area (Å²) >= 11 is 5.64. The fourth-order valence-electron chi connectivity index (χ4n) is 3.44. The van der Waals surface area contributed by atoms with Crippen LogP contribution in [0.5, 0.6) is 0 Å². The van der Waals surface area contributed by atoms with Gasteiger partial charge in [0.05, 0.1) is 5.60 Å². The molecule has 2 fully saturated rings. The third kappa shape index (κ3) is 1.43. The van der Waals surface area contributed by atoms with Crippen molar-refractivity contribution in [1.82, 2.24) is 0 Å². The molecule has 0 saturated heterocycles. The Balaban J connectivity index is 2.33. The normalized spacial score (nSPS) is 41.1. The van der Waals surface area contributed by atoms with E-state index in [0.29, 0.717) is 0 Å². The Hall–Kier alpha value is 0.0500. The number of thiocarbonyl (C=S) groups is 1. The zero-order valence-electron chi connectivity index (χ0n) is 9.43. The van der Waals surface area contributed by atoms with Gasteiger partial charge >= 0.3 is 0 Å². The third-order valence-corrected chi connectivity index (χ3v) is 4.95. The summed E-state index contributed by atoms with van der Waals surface area (Å²) in [7, 11) is 1.83. The SMILES string of the molecule is CO[C@]12CCC[C@H](CC(C)(C)C1=S)C2. The largest absolute Gasteiger partial charge is 0.373 e. The number of fused-ring (bicyclic) bond motifs is 2. The van der Waals surface area contributed by atoms with E-state index in [2.05, 4.69) is 13.8 Å². The molecule has 2 heteroatoms. The molecule has 0 N–H and O–H groups in total. The van der Waals surface area contributed by atoms with Crippen molar-refractivity contribution >= 4 is 17.1 Å². The molecule has 0 aromatic heterocycles. The summed E-state index contributed by atoms with van der Waals surface area (Å²) in [5.41, 5.74) is 0.147. The number of hydrogen-bond donors (Lipinski definition) is 0. The fourth-order valence-corrected chi connectivity index (χ4v) is 3.79. The van der Waals surface area contributed by atoms with E-state index < -0.39 is 0 Å². The molecule has 2 rings (SSSR count). The molecule has 80 valence electrons. The van der Waals surface area contributed by atoms with Crippen LogP contribution in [0.25, 0.3) is 0 Å². The van der Waals surface area contributed by atoms with Crippen LogP contribution < -0.4 is 0 Å². The van der Waals surface area contributed by atoms with Crippen LogP contribution in [-0.2, 0) is 4.74 Å². The summed E-state index contributed by atoms with van der Waals surface area (Å²) in [6.45, 7) is 4.56. The Labute approximate surface area is 92.2 Å². The van der Waals surface area contributed by atoms with Crippen LogP contribution in [0.1, 0.15) is 46.0 Å². The summed E-state index contributed by atoms with van der Waals surface area (Å²) in [6, 6.07) is 0. The van der Waals surface area contributed by atoms with Gasteiger partial charge in [0.15, 0.2) is 0 Å². The number of hydrogen-bond acceptors (Lipinski definition) is 2. The molecule has 14 heavy (non-hydrogen) atoms. The molecule has 1 nitrogen and oxygen atoms in total. The van der Waals surface area contributed by atoms with Crippen LogP contribution in [-0.4, -0.2) is 17.6 Å². The monoisotopic (exact) mass is 212 g/mol. The molecule has 0 heterocycles. The zero-order chi connectivity index (χ0) is 10.4. The van der Waals surface area contributed by atoms with Crippen LogP contribution in [0.4, 0.5) is 0 Å². The standard InChI is InChI=1S/C12H20OS/c1-11(2)7-9-5-4-6-12(8-9,13-3)10(11)14/h9H,4-8H2,1-3H3/t9-,12+/m1/s1. The van der Waals surface area contributed by atoms with Gasteiger partial charge in [0, 0.05) is 12.0 Å².